The Labute approximate surface area is 289 Å². The zero-order chi connectivity index (χ0) is 34.3. The summed E-state index contributed by atoms with van der Waals surface area (Å²) in [5.41, 5.74) is 3.36. The second-order valence-corrected chi connectivity index (χ2v) is 13.6. The third-order valence-electron chi connectivity index (χ3n) is 8.23. The lowest BCUT2D eigenvalue weighted by Gasteiger charge is -2.29. The topological polar surface area (TPSA) is 147 Å². The molecule has 3 amide bonds. The molecule has 6 rings (SSSR count). The van der Waals surface area contributed by atoms with Crippen LogP contribution in [0.15, 0.2) is 89.4 Å². The molecule has 0 aliphatic carbocycles. The summed E-state index contributed by atoms with van der Waals surface area (Å²) in [5.74, 6) is -0.507. The third kappa shape index (κ3) is 8.86. The molecule has 2 aromatic carbocycles. The van der Waals surface area contributed by atoms with E-state index in [0.717, 1.165) is 16.8 Å². The number of aromatic nitrogens is 4. The number of thiazole rings is 1. The van der Waals surface area contributed by atoms with Crippen LogP contribution in [0.5, 0.6) is 0 Å². The van der Waals surface area contributed by atoms with Gasteiger partial charge in [-0.2, -0.15) is 0 Å². The average Bonchev–Trinajstić information content (AvgIpc) is 3.87. The fraction of sp³-hybridized carbons (Fsp3) is 0.333. The first kappa shape index (κ1) is 33.7. The molecule has 5 aromatic rings. The molecule has 254 valence electrons. The van der Waals surface area contributed by atoms with Crippen molar-refractivity contribution in [2.75, 3.05) is 13.1 Å². The van der Waals surface area contributed by atoms with Crippen LogP contribution < -0.4 is 16.0 Å². The van der Waals surface area contributed by atoms with Crippen LogP contribution in [0.2, 0.25) is 0 Å². The smallest absolute Gasteiger partial charge is 0.273 e. The molecule has 4 bridgehead atoms. The van der Waals surface area contributed by atoms with Crippen LogP contribution >= 0.6 is 11.3 Å². The van der Waals surface area contributed by atoms with Crippen LogP contribution in [-0.4, -0.2) is 61.3 Å². The molecule has 49 heavy (non-hydrogen) atoms. The second kappa shape index (κ2) is 15.4. The molecule has 0 unspecified atom stereocenters. The van der Waals surface area contributed by atoms with Gasteiger partial charge in [0.15, 0.2) is 5.69 Å². The van der Waals surface area contributed by atoms with Crippen molar-refractivity contribution >= 4 is 29.1 Å². The van der Waals surface area contributed by atoms with E-state index in [2.05, 4.69) is 49.6 Å². The van der Waals surface area contributed by atoms with Crippen molar-refractivity contribution in [1.82, 2.24) is 40.4 Å². The number of oxazole rings is 1. The number of hydrogen-bond donors (Lipinski definition) is 3. The lowest BCUT2D eigenvalue weighted by molar-refractivity contribution is -0.123. The number of nitrogens with zero attached hydrogens (tertiary/aromatic N) is 5. The molecule has 3 aromatic heterocycles. The molecular formula is C36H40N8O4S. The van der Waals surface area contributed by atoms with Crippen molar-refractivity contribution < 1.29 is 18.8 Å². The Morgan fingerprint density at radius 2 is 1.71 bits per heavy atom. The summed E-state index contributed by atoms with van der Waals surface area (Å²) in [7, 11) is 0. The van der Waals surface area contributed by atoms with E-state index in [9.17, 15) is 14.4 Å². The molecule has 0 saturated carbocycles. The highest BCUT2D eigenvalue weighted by molar-refractivity contribution is 7.09. The summed E-state index contributed by atoms with van der Waals surface area (Å²) in [6, 6.07) is 16.6. The SMILES string of the molecule is CC(C)C[C@@H]1CN(Cc2ccc(-n3ccnc3)cc2)CC(=O)N[C@H](Cc2ccccc2)c2nc(cs2)C(=O)N[C@H](C)c2nc(co2)C(=O)N1. The maximum atomic E-state index is 13.9. The van der Waals surface area contributed by atoms with Gasteiger partial charge < -0.3 is 24.9 Å². The van der Waals surface area contributed by atoms with Crippen LogP contribution in [0.25, 0.3) is 5.69 Å². The fourth-order valence-electron chi connectivity index (χ4n) is 5.92. The van der Waals surface area contributed by atoms with E-state index in [-0.39, 0.29) is 47.6 Å². The van der Waals surface area contributed by atoms with E-state index < -0.39 is 18.0 Å². The highest BCUT2D eigenvalue weighted by atomic mass is 32.1. The van der Waals surface area contributed by atoms with Gasteiger partial charge >= 0.3 is 0 Å². The van der Waals surface area contributed by atoms with Gasteiger partial charge in [-0.1, -0.05) is 56.3 Å². The molecule has 4 heterocycles. The maximum absolute atomic E-state index is 13.9. The summed E-state index contributed by atoms with van der Waals surface area (Å²) in [5, 5.41) is 11.5. The molecule has 12 nitrogen and oxygen atoms in total. The molecule has 0 radical (unpaired) electrons. The Hall–Kier alpha value is -5.14. The standard InChI is InChI=1S/C36H40N8O4S/c1-23(2)15-27-18-43(17-26-9-11-28(12-10-26)44-14-13-37-22-44)19-32(45)40-29(16-25-7-5-4-6-8-25)36-42-31(21-49-36)34(47)38-24(3)35-41-30(20-48-35)33(46)39-27/h4-14,20-24,27,29H,15-19H2,1-3H3,(H,38,47)(H,39,46)(H,40,45)/t24-,27-,29-/m1/s1. The number of fused-ring (bicyclic) bond motifs is 4. The van der Waals surface area contributed by atoms with Gasteiger partial charge in [0, 0.05) is 42.6 Å². The van der Waals surface area contributed by atoms with Gasteiger partial charge in [0.05, 0.1) is 18.9 Å². The van der Waals surface area contributed by atoms with Crippen molar-refractivity contribution in [2.24, 2.45) is 5.92 Å². The first-order valence-electron chi connectivity index (χ1n) is 16.4. The highest BCUT2D eigenvalue weighted by Crippen LogP contribution is 2.24. The molecule has 1 aliphatic rings. The van der Waals surface area contributed by atoms with E-state index in [1.807, 2.05) is 65.4 Å². The number of carbonyl (C=O) groups is 3. The molecule has 13 heteroatoms. The minimum atomic E-state index is -0.611. The van der Waals surface area contributed by atoms with Crippen molar-refractivity contribution in [1.29, 1.82) is 0 Å². The summed E-state index contributed by atoms with van der Waals surface area (Å²) >= 11 is 1.32. The number of nitrogens with one attached hydrogen (secondary N) is 3. The van der Waals surface area contributed by atoms with Crippen molar-refractivity contribution in [3.05, 3.63) is 118 Å². The summed E-state index contributed by atoms with van der Waals surface area (Å²) < 4.78 is 7.55. The minimum absolute atomic E-state index is 0.0728. The first-order valence-corrected chi connectivity index (χ1v) is 17.2. The minimum Gasteiger partial charge on any atom is -0.446 e. The Morgan fingerprint density at radius 1 is 0.939 bits per heavy atom. The number of benzene rings is 2. The van der Waals surface area contributed by atoms with E-state index in [1.54, 1.807) is 24.8 Å². The molecule has 0 spiro atoms. The summed E-state index contributed by atoms with van der Waals surface area (Å²) in [6.45, 7) is 6.89. The monoisotopic (exact) mass is 680 g/mol. The lowest BCUT2D eigenvalue weighted by Crippen LogP contribution is -2.47. The molecular weight excluding hydrogens is 641 g/mol. The maximum Gasteiger partial charge on any atom is 0.273 e. The quantitative estimate of drug-likeness (QED) is 0.221. The van der Waals surface area contributed by atoms with Crippen LogP contribution in [-0.2, 0) is 17.8 Å². The van der Waals surface area contributed by atoms with E-state index >= 15 is 0 Å². The van der Waals surface area contributed by atoms with Crippen molar-refractivity contribution in [3.8, 4) is 5.69 Å². The molecule has 0 saturated heterocycles. The second-order valence-electron chi connectivity index (χ2n) is 12.8. The van der Waals surface area contributed by atoms with Crippen LogP contribution in [0.4, 0.5) is 0 Å². The molecule has 0 fully saturated rings. The normalized spacial score (nSPS) is 19.5. The molecule has 3 N–H and O–H groups in total. The Balaban J connectivity index is 1.32. The van der Waals surface area contributed by atoms with Gasteiger partial charge in [0.2, 0.25) is 11.8 Å². The van der Waals surface area contributed by atoms with Crippen molar-refractivity contribution in [2.45, 2.75) is 58.3 Å². The van der Waals surface area contributed by atoms with Crippen LogP contribution in [0.1, 0.15) is 82.3 Å². The third-order valence-corrected chi connectivity index (χ3v) is 9.18. The Kier molecular flexibility index (Phi) is 10.6. The fourth-order valence-corrected chi connectivity index (χ4v) is 6.77. The van der Waals surface area contributed by atoms with Gasteiger partial charge in [0.25, 0.3) is 11.8 Å². The van der Waals surface area contributed by atoms with Gasteiger partial charge in [-0.15, -0.1) is 11.3 Å². The predicted molar refractivity (Wildman–Crippen MR) is 185 cm³/mol. The van der Waals surface area contributed by atoms with E-state index in [1.165, 1.54) is 17.6 Å². The molecule has 3 atom stereocenters. The van der Waals surface area contributed by atoms with Gasteiger partial charge in [-0.25, -0.2) is 15.0 Å². The number of hydrogen-bond acceptors (Lipinski definition) is 9. The zero-order valence-corrected chi connectivity index (χ0v) is 28.5. The Morgan fingerprint density at radius 3 is 2.45 bits per heavy atom. The van der Waals surface area contributed by atoms with Crippen LogP contribution in [0.3, 0.4) is 0 Å². The highest BCUT2D eigenvalue weighted by Gasteiger charge is 2.27. The number of amides is 3. The van der Waals surface area contributed by atoms with Gasteiger partial charge in [-0.05, 0) is 48.9 Å². The largest absolute Gasteiger partial charge is 0.446 e. The van der Waals surface area contributed by atoms with Crippen molar-refractivity contribution in [3.63, 3.8) is 0 Å². The first-order chi connectivity index (χ1) is 23.7. The number of carbonyl (C=O) groups excluding carboxylic acids is 3. The predicted octanol–water partition coefficient (Wildman–Crippen LogP) is 4.87. The van der Waals surface area contributed by atoms with Crippen LogP contribution in [0, 0.1) is 5.92 Å². The summed E-state index contributed by atoms with van der Waals surface area (Å²) in [6.07, 6.45) is 7.84. The van der Waals surface area contributed by atoms with E-state index in [0.29, 0.717) is 30.9 Å². The molecule has 1 aliphatic heterocycles. The average molecular weight is 681 g/mol. The number of imidazole rings is 1. The lowest BCUT2D eigenvalue weighted by atomic mass is 10.0. The Bertz CT molecular complexity index is 1850. The van der Waals surface area contributed by atoms with E-state index in [4.69, 9.17) is 4.42 Å². The number of rotatable bonds is 7. The van der Waals surface area contributed by atoms with Gasteiger partial charge in [0.1, 0.15) is 23.0 Å². The van der Waals surface area contributed by atoms with Gasteiger partial charge in [-0.3, -0.25) is 19.3 Å². The summed E-state index contributed by atoms with van der Waals surface area (Å²) in [4.78, 5) is 55.8. The zero-order valence-electron chi connectivity index (χ0n) is 27.7.